The van der Waals surface area contributed by atoms with Crippen molar-refractivity contribution in [3.8, 4) is 5.75 Å². The monoisotopic (exact) mass is 269 g/mol. The van der Waals surface area contributed by atoms with E-state index in [4.69, 9.17) is 16.3 Å². The van der Waals surface area contributed by atoms with Crippen LogP contribution in [0.2, 0.25) is 5.02 Å². The van der Waals surface area contributed by atoms with Crippen LogP contribution in [-0.2, 0) is 9.53 Å². The van der Waals surface area contributed by atoms with Crippen LogP contribution < -0.4 is 5.32 Å². The number of carbonyl (C=O) groups excluding carboxylic acids is 1. The van der Waals surface area contributed by atoms with Gasteiger partial charge in [0.05, 0.1) is 22.7 Å². The first-order chi connectivity index (χ1) is 8.61. The Morgan fingerprint density at radius 2 is 2.39 bits per heavy atom. The molecule has 0 saturated carbocycles. The molecule has 18 heavy (non-hydrogen) atoms. The van der Waals surface area contributed by atoms with E-state index in [1.54, 1.807) is 6.07 Å². The van der Waals surface area contributed by atoms with E-state index in [1.807, 2.05) is 6.92 Å². The largest absolute Gasteiger partial charge is 0.508 e. The SMILES string of the molecule is CCC1OCCC1C(=O)Nc1ccc(O)cc1Cl. The van der Waals surface area contributed by atoms with Crippen molar-refractivity contribution in [1.29, 1.82) is 0 Å². The van der Waals surface area contributed by atoms with Crippen LogP contribution >= 0.6 is 11.6 Å². The maximum atomic E-state index is 12.1. The lowest BCUT2D eigenvalue weighted by Crippen LogP contribution is -2.29. The minimum absolute atomic E-state index is 0.0131. The molecule has 1 aromatic rings. The molecule has 1 amide bonds. The summed E-state index contributed by atoms with van der Waals surface area (Å²) in [5.74, 6) is -0.125. The molecule has 98 valence electrons. The normalized spacial score (nSPS) is 23.0. The number of ether oxygens (including phenoxy) is 1. The minimum Gasteiger partial charge on any atom is -0.508 e. The molecule has 1 aliphatic rings. The summed E-state index contributed by atoms with van der Waals surface area (Å²) in [5.41, 5.74) is 0.515. The third kappa shape index (κ3) is 2.76. The van der Waals surface area contributed by atoms with Crippen LogP contribution in [0.5, 0.6) is 5.75 Å². The zero-order valence-corrected chi connectivity index (χ0v) is 10.9. The highest BCUT2D eigenvalue weighted by molar-refractivity contribution is 6.33. The summed E-state index contributed by atoms with van der Waals surface area (Å²) in [5, 5.41) is 12.4. The fourth-order valence-electron chi connectivity index (χ4n) is 2.18. The standard InChI is InChI=1S/C13H16ClNO3/c1-2-12-9(5-6-18-12)13(17)15-11-4-3-8(16)7-10(11)14/h3-4,7,9,12,16H,2,5-6H2,1H3,(H,15,17). The molecule has 0 aromatic heterocycles. The first-order valence-corrected chi connectivity index (χ1v) is 6.40. The maximum Gasteiger partial charge on any atom is 0.230 e. The van der Waals surface area contributed by atoms with Gasteiger partial charge in [-0.05, 0) is 25.0 Å². The van der Waals surface area contributed by atoms with Crippen LogP contribution in [0.3, 0.4) is 0 Å². The van der Waals surface area contributed by atoms with Gasteiger partial charge in [-0.3, -0.25) is 4.79 Å². The van der Waals surface area contributed by atoms with Crippen molar-refractivity contribution in [2.75, 3.05) is 11.9 Å². The highest BCUT2D eigenvalue weighted by atomic mass is 35.5. The van der Waals surface area contributed by atoms with Gasteiger partial charge in [0.25, 0.3) is 0 Å². The highest BCUT2D eigenvalue weighted by Gasteiger charge is 2.32. The van der Waals surface area contributed by atoms with Crippen LogP contribution in [-0.4, -0.2) is 23.7 Å². The lowest BCUT2D eigenvalue weighted by atomic mass is 9.98. The van der Waals surface area contributed by atoms with Gasteiger partial charge in [-0.15, -0.1) is 0 Å². The van der Waals surface area contributed by atoms with E-state index < -0.39 is 0 Å². The number of aromatic hydroxyl groups is 1. The molecular weight excluding hydrogens is 254 g/mol. The van der Waals surface area contributed by atoms with Gasteiger partial charge in [-0.2, -0.15) is 0 Å². The Labute approximate surface area is 111 Å². The van der Waals surface area contributed by atoms with Crippen molar-refractivity contribution >= 4 is 23.2 Å². The molecule has 4 nitrogen and oxygen atoms in total. The lowest BCUT2D eigenvalue weighted by molar-refractivity contribution is -0.121. The second kappa shape index (κ2) is 5.59. The van der Waals surface area contributed by atoms with Gasteiger partial charge in [0.1, 0.15) is 5.75 Å². The van der Waals surface area contributed by atoms with E-state index in [9.17, 15) is 9.90 Å². The molecular formula is C13H16ClNO3. The fourth-order valence-corrected chi connectivity index (χ4v) is 2.40. The number of benzene rings is 1. The van der Waals surface area contributed by atoms with Gasteiger partial charge in [-0.1, -0.05) is 18.5 Å². The summed E-state index contributed by atoms with van der Waals surface area (Å²) >= 11 is 5.94. The molecule has 1 aliphatic heterocycles. The number of hydrogen-bond donors (Lipinski definition) is 2. The van der Waals surface area contributed by atoms with Crippen molar-refractivity contribution in [3.05, 3.63) is 23.2 Å². The summed E-state index contributed by atoms with van der Waals surface area (Å²) in [7, 11) is 0. The molecule has 1 saturated heterocycles. The van der Waals surface area contributed by atoms with Gasteiger partial charge in [-0.25, -0.2) is 0 Å². The summed E-state index contributed by atoms with van der Waals surface area (Å²) in [6, 6.07) is 4.48. The molecule has 1 heterocycles. The average Bonchev–Trinajstić information content (AvgIpc) is 2.81. The summed E-state index contributed by atoms with van der Waals surface area (Å²) < 4.78 is 5.49. The predicted molar refractivity (Wildman–Crippen MR) is 69.9 cm³/mol. The topological polar surface area (TPSA) is 58.6 Å². The Morgan fingerprint density at radius 1 is 1.61 bits per heavy atom. The number of amides is 1. The van der Waals surface area contributed by atoms with E-state index in [1.165, 1.54) is 12.1 Å². The molecule has 1 aromatic carbocycles. The highest BCUT2D eigenvalue weighted by Crippen LogP contribution is 2.29. The quantitative estimate of drug-likeness (QED) is 0.830. The van der Waals surface area contributed by atoms with E-state index in [0.717, 1.165) is 12.8 Å². The zero-order chi connectivity index (χ0) is 13.1. The van der Waals surface area contributed by atoms with Crippen molar-refractivity contribution in [2.24, 2.45) is 5.92 Å². The molecule has 0 spiro atoms. The zero-order valence-electron chi connectivity index (χ0n) is 10.1. The molecule has 1 fully saturated rings. The Balaban J connectivity index is 2.07. The first kappa shape index (κ1) is 13.2. The molecule has 2 atom stereocenters. The number of carbonyl (C=O) groups is 1. The predicted octanol–water partition coefficient (Wildman–Crippen LogP) is 2.80. The molecule has 0 aliphatic carbocycles. The van der Waals surface area contributed by atoms with Gasteiger partial charge in [0.15, 0.2) is 0 Å². The first-order valence-electron chi connectivity index (χ1n) is 6.02. The number of halogens is 1. The maximum absolute atomic E-state index is 12.1. The summed E-state index contributed by atoms with van der Waals surface area (Å²) in [6.45, 7) is 2.63. The van der Waals surface area contributed by atoms with Crippen LogP contribution in [0.4, 0.5) is 5.69 Å². The Kier molecular flexibility index (Phi) is 4.09. The van der Waals surface area contributed by atoms with Crippen LogP contribution in [0, 0.1) is 5.92 Å². The fraction of sp³-hybridized carbons (Fsp3) is 0.462. The third-order valence-electron chi connectivity index (χ3n) is 3.16. The lowest BCUT2D eigenvalue weighted by Gasteiger charge is -2.17. The number of anilines is 1. The molecule has 2 unspecified atom stereocenters. The summed E-state index contributed by atoms with van der Waals surface area (Å²) in [4.78, 5) is 12.1. The second-order valence-corrected chi connectivity index (χ2v) is 4.77. The van der Waals surface area contributed by atoms with Gasteiger partial charge >= 0.3 is 0 Å². The Morgan fingerprint density at radius 3 is 3.06 bits per heavy atom. The Bertz CT molecular complexity index is 450. The van der Waals surface area contributed by atoms with E-state index in [0.29, 0.717) is 17.3 Å². The van der Waals surface area contributed by atoms with Crippen molar-refractivity contribution in [3.63, 3.8) is 0 Å². The molecule has 0 radical (unpaired) electrons. The van der Waals surface area contributed by atoms with E-state index in [-0.39, 0.29) is 23.7 Å². The van der Waals surface area contributed by atoms with E-state index >= 15 is 0 Å². The van der Waals surface area contributed by atoms with Crippen LogP contribution in [0.25, 0.3) is 0 Å². The third-order valence-corrected chi connectivity index (χ3v) is 3.47. The molecule has 0 bridgehead atoms. The van der Waals surface area contributed by atoms with Crippen molar-refractivity contribution in [1.82, 2.24) is 0 Å². The smallest absolute Gasteiger partial charge is 0.230 e. The van der Waals surface area contributed by atoms with Gasteiger partial charge in [0.2, 0.25) is 5.91 Å². The van der Waals surface area contributed by atoms with Crippen LogP contribution in [0.1, 0.15) is 19.8 Å². The number of nitrogens with one attached hydrogen (secondary N) is 1. The molecule has 5 heteroatoms. The van der Waals surface area contributed by atoms with Gasteiger partial charge in [0, 0.05) is 12.7 Å². The number of rotatable bonds is 3. The van der Waals surface area contributed by atoms with Crippen molar-refractivity contribution in [2.45, 2.75) is 25.9 Å². The molecule has 2 rings (SSSR count). The Hall–Kier alpha value is -1.26. The summed E-state index contributed by atoms with van der Waals surface area (Å²) in [6.07, 6.45) is 1.54. The molecule has 2 N–H and O–H groups in total. The average molecular weight is 270 g/mol. The number of hydrogen-bond acceptors (Lipinski definition) is 3. The van der Waals surface area contributed by atoms with Gasteiger partial charge < -0.3 is 15.2 Å². The number of phenolic OH excluding ortho intramolecular Hbond substituents is 1. The minimum atomic E-state index is -0.125. The second-order valence-electron chi connectivity index (χ2n) is 4.37. The van der Waals surface area contributed by atoms with Crippen LogP contribution in [0.15, 0.2) is 18.2 Å². The number of phenols is 1. The van der Waals surface area contributed by atoms with E-state index in [2.05, 4.69) is 5.32 Å². The van der Waals surface area contributed by atoms with Crippen molar-refractivity contribution < 1.29 is 14.6 Å².